The number of carbonyl (C=O) groups excluding carboxylic acids is 1. The van der Waals surface area contributed by atoms with Crippen molar-refractivity contribution >= 4 is 38.3 Å². The molecule has 0 N–H and O–H groups in total. The molecule has 1 aromatic carbocycles. The summed E-state index contributed by atoms with van der Waals surface area (Å²) >= 11 is 5.02. The molecule has 0 bridgehead atoms. The van der Waals surface area contributed by atoms with Crippen molar-refractivity contribution in [2.45, 2.75) is 44.6 Å². The lowest BCUT2D eigenvalue weighted by Gasteiger charge is -2.25. The molecule has 1 saturated heterocycles. The topological polar surface area (TPSA) is 42.4 Å². The molecule has 1 unspecified atom stereocenters. The Morgan fingerprint density at radius 3 is 2.65 bits per heavy atom. The third-order valence-electron chi connectivity index (χ3n) is 5.24. The average molecular weight is 435 g/mol. The summed E-state index contributed by atoms with van der Waals surface area (Å²) in [6, 6.07) is 8.13. The van der Waals surface area contributed by atoms with E-state index in [0.717, 1.165) is 66.0 Å². The van der Waals surface area contributed by atoms with E-state index in [-0.39, 0.29) is 17.9 Å². The van der Waals surface area contributed by atoms with E-state index in [2.05, 4.69) is 15.9 Å². The van der Waals surface area contributed by atoms with E-state index in [9.17, 15) is 4.79 Å². The number of halogens is 1. The molecule has 26 heavy (non-hydrogen) atoms. The van der Waals surface area contributed by atoms with E-state index < -0.39 is 0 Å². The summed E-state index contributed by atoms with van der Waals surface area (Å²) in [5.74, 6) is 0.381. The largest absolute Gasteiger partial charge is 0.376 e. The van der Waals surface area contributed by atoms with Crippen molar-refractivity contribution in [3.05, 3.63) is 34.1 Å². The Morgan fingerprint density at radius 1 is 1.19 bits per heavy atom. The molecule has 1 aromatic heterocycles. The van der Waals surface area contributed by atoms with Crippen LogP contribution in [-0.2, 0) is 9.53 Å². The summed E-state index contributed by atoms with van der Waals surface area (Å²) in [5.41, 5.74) is 2.00. The SMILES string of the molecule is O=C(C1CCCC1)N(CC1CCCO1)c1nc(-c2ccc(Br)cc2)cs1. The van der Waals surface area contributed by atoms with E-state index in [1.807, 2.05) is 34.5 Å². The Hall–Kier alpha value is -1.24. The van der Waals surface area contributed by atoms with Gasteiger partial charge in [0.05, 0.1) is 18.3 Å². The van der Waals surface area contributed by atoms with Gasteiger partial charge in [-0.05, 0) is 37.8 Å². The van der Waals surface area contributed by atoms with Gasteiger partial charge in [-0.1, -0.05) is 40.9 Å². The minimum atomic E-state index is 0.139. The van der Waals surface area contributed by atoms with Crippen molar-refractivity contribution in [3.63, 3.8) is 0 Å². The molecule has 2 aromatic rings. The Bertz CT molecular complexity index is 749. The van der Waals surface area contributed by atoms with E-state index in [1.54, 1.807) is 11.3 Å². The number of benzene rings is 1. The molecule has 4 rings (SSSR count). The van der Waals surface area contributed by atoms with Gasteiger partial charge in [0.15, 0.2) is 5.13 Å². The number of anilines is 1. The molecule has 2 heterocycles. The Balaban J connectivity index is 1.58. The van der Waals surface area contributed by atoms with Gasteiger partial charge in [-0.15, -0.1) is 11.3 Å². The van der Waals surface area contributed by atoms with E-state index in [4.69, 9.17) is 9.72 Å². The van der Waals surface area contributed by atoms with Crippen molar-refractivity contribution in [2.24, 2.45) is 5.92 Å². The number of thiazole rings is 1. The first-order valence-corrected chi connectivity index (χ1v) is 11.0. The molecule has 138 valence electrons. The van der Waals surface area contributed by atoms with Crippen LogP contribution < -0.4 is 4.90 Å². The molecule has 1 aliphatic carbocycles. The highest BCUT2D eigenvalue weighted by atomic mass is 79.9. The summed E-state index contributed by atoms with van der Waals surface area (Å²) in [6.07, 6.45) is 6.58. The van der Waals surface area contributed by atoms with Crippen LogP contribution in [0.1, 0.15) is 38.5 Å². The average Bonchev–Trinajstić information content (AvgIpc) is 3.42. The van der Waals surface area contributed by atoms with Crippen molar-refractivity contribution in [3.8, 4) is 11.3 Å². The Morgan fingerprint density at radius 2 is 1.96 bits per heavy atom. The van der Waals surface area contributed by atoms with Crippen LogP contribution in [0, 0.1) is 5.92 Å². The van der Waals surface area contributed by atoms with Crippen LogP contribution in [0.15, 0.2) is 34.1 Å². The second-order valence-electron chi connectivity index (χ2n) is 7.09. The fraction of sp³-hybridized carbons (Fsp3) is 0.500. The van der Waals surface area contributed by atoms with Crippen LogP contribution in [0.4, 0.5) is 5.13 Å². The monoisotopic (exact) mass is 434 g/mol. The fourth-order valence-electron chi connectivity index (χ4n) is 3.79. The van der Waals surface area contributed by atoms with Crippen LogP contribution >= 0.6 is 27.3 Å². The van der Waals surface area contributed by atoms with Gasteiger partial charge < -0.3 is 4.74 Å². The van der Waals surface area contributed by atoms with Crippen molar-refractivity contribution in [1.29, 1.82) is 0 Å². The van der Waals surface area contributed by atoms with E-state index in [1.165, 1.54) is 0 Å². The van der Waals surface area contributed by atoms with Gasteiger partial charge in [-0.3, -0.25) is 9.69 Å². The van der Waals surface area contributed by atoms with E-state index in [0.29, 0.717) is 6.54 Å². The van der Waals surface area contributed by atoms with Crippen molar-refractivity contribution in [1.82, 2.24) is 4.98 Å². The zero-order chi connectivity index (χ0) is 17.9. The number of ether oxygens (including phenoxy) is 1. The van der Waals surface area contributed by atoms with Gasteiger partial charge in [-0.25, -0.2) is 4.98 Å². The van der Waals surface area contributed by atoms with Crippen LogP contribution in [-0.4, -0.2) is 30.1 Å². The van der Waals surface area contributed by atoms with Gasteiger partial charge in [0.2, 0.25) is 5.91 Å². The summed E-state index contributed by atoms with van der Waals surface area (Å²) < 4.78 is 6.85. The lowest BCUT2D eigenvalue weighted by atomic mass is 10.1. The lowest BCUT2D eigenvalue weighted by Crippen LogP contribution is -2.40. The predicted octanol–water partition coefficient (Wildman–Crippen LogP) is 5.27. The molecule has 2 aliphatic rings. The molecule has 1 saturated carbocycles. The molecule has 1 aliphatic heterocycles. The molecule has 0 spiro atoms. The van der Waals surface area contributed by atoms with Crippen LogP contribution in [0.5, 0.6) is 0 Å². The molecule has 6 heteroatoms. The first kappa shape index (κ1) is 18.1. The van der Waals surface area contributed by atoms with Gasteiger partial charge >= 0.3 is 0 Å². The first-order chi connectivity index (χ1) is 12.7. The summed E-state index contributed by atoms with van der Waals surface area (Å²) in [7, 11) is 0. The predicted molar refractivity (Wildman–Crippen MR) is 109 cm³/mol. The summed E-state index contributed by atoms with van der Waals surface area (Å²) in [5, 5.41) is 2.85. The maximum absolute atomic E-state index is 13.2. The maximum atomic E-state index is 13.2. The smallest absolute Gasteiger partial charge is 0.231 e. The lowest BCUT2D eigenvalue weighted by molar-refractivity contribution is -0.122. The van der Waals surface area contributed by atoms with Gasteiger partial charge in [-0.2, -0.15) is 0 Å². The molecule has 0 radical (unpaired) electrons. The van der Waals surface area contributed by atoms with Gasteiger partial charge in [0.25, 0.3) is 0 Å². The third kappa shape index (κ3) is 4.02. The highest BCUT2D eigenvalue weighted by molar-refractivity contribution is 9.10. The van der Waals surface area contributed by atoms with Crippen molar-refractivity contribution in [2.75, 3.05) is 18.1 Å². The number of hydrogen-bond acceptors (Lipinski definition) is 4. The molecule has 4 nitrogen and oxygen atoms in total. The normalized spacial score (nSPS) is 20.6. The molecular formula is C20H23BrN2O2S. The second-order valence-corrected chi connectivity index (χ2v) is 8.84. The third-order valence-corrected chi connectivity index (χ3v) is 6.64. The van der Waals surface area contributed by atoms with Gasteiger partial charge in [0, 0.05) is 27.9 Å². The number of rotatable bonds is 5. The first-order valence-electron chi connectivity index (χ1n) is 9.35. The number of hydrogen-bond donors (Lipinski definition) is 0. The maximum Gasteiger partial charge on any atom is 0.231 e. The summed E-state index contributed by atoms with van der Waals surface area (Å²) in [6.45, 7) is 1.43. The summed E-state index contributed by atoms with van der Waals surface area (Å²) in [4.78, 5) is 19.9. The fourth-order valence-corrected chi connectivity index (χ4v) is 4.90. The number of carbonyl (C=O) groups is 1. The standard InChI is InChI=1S/C20H23BrN2O2S/c21-16-9-7-14(8-10-16)18-13-26-20(22-18)23(12-17-6-3-11-25-17)19(24)15-4-1-2-5-15/h7-10,13,15,17H,1-6,11-12H2. The van der Waals surface area contributed by atoms with Gasteiger partial charge in [0.1, 0.15) is 0 Å². The molecular weight excluding hydrogens is 412 g/mol. The number of nitrogens with zero attached hydrogens (tertiary/aromatic N) is 2. The van der Waals surface area contributed by atoms with E-state index >= 15 is 0 Å². The van der Waals surface area contributed by atoms with Crippen LogP contribution in [0.25, 0.3) is 11.3 Å². The number of aromatic nitrogens is 1. The molecule has 1 amide bonds. The minimum absolute atomic E-state index is 0.139. The van der Waals surface area contributed by atoms with Crippen LogP contribution in [0.2, 0.25) is 0 Å². The highest BCUT2D eigenvalue weighted by Crippen LogP contribution is 2.33. The second kappa shape index (κ2) is 8.19. The molecule has 2 fully saturated rings. The minimum Gasteiger partial charge on any atom is -0.376 e. The highest BCUT2D eigenvalue weighted by Gasteiger charge is 2.32. The zero-order valence-corrected chi connectivity index (χ0v) is 17.1. The quantitative estimate of drug-likeness (QED) is 0.642. The zero-order valence-electron chi connectivity index (χ0n) is 14.7. The Kier molecular flexibility index (Phi) is 5.72. The molecule has 1 atom stereocenters. The number of amides is 1. The van der Waals surface area contributed by atoms with Crippen molar-refractivity contribution < 1.29 is 9.53 Å². The van der Waals surface area contributed by atoms with Crippen LogP contribution in [0.3, 0.4) is 0 Å². The Labute approximate surface area is 166 Å².